The van der Waals surface area contributed by atoms with Crippen LogP contribution >= 0.6 is 0 Å². The Kier molecular flexibility index (Phi) is 6.03. The third kappa shape index (κ3) is 5.18. The molecule has 0 aliphatic carbocycles. The number of carbonyl (C=O) groups excluding carboxylic acids is 2. The highest BCUT2D eigenvalue weighted by Gasteiger charge is 2.38. The minimum absolute atomic E-state index is 0.293. The van der Waals surface area contributed by atoms with Crippen LogP contribution in [0.1, 0.15) is 45.6 Å². The molecule has 1 saturated heterocycles. The van der Waals surface area contributed by atoms with Crippen molar-refractivity contribution in [3.63, 3.8) is 0 Å². The van der Waals surface area contributed by atoms with Gasteiger partial charge in [0.25, 0.3) is 0 Å². The summed E-state index contributed by atoms with van der Waals surface area (Å²) < 4.78 is 24.3. The van der Waals surface area contributed by atoms with E-state index in [-0.39, 0.29) is 17.7 Å². The van der Waals surface area contributed by atoms with Gasteiger partial charge in [-0.2, -0.15) is 0 Å². The lowest BCUT2D eigenvalue weighted by molar-refractivity contribution is -0.150. The molecule has 0 bridgehead atoms. The number of esters is 1. The van der Waals surface area contributed by atoms with E-state index >= 15 is 0 Å². The van der Waals surface area contributed by atoms with Crippen LogP contribution in [0.5, 0.6) is 0 Å². The number of carbonyl (C=O) groups is 2. The molecule has 1 fully saturated rings. The first-order chi connectivity index (χ1) is 11.7. The van der Waals surface area contributed by atoms with Crippen LogP contribution in [0.4, 0.5) is 9.18 Å². The molecule has 5 nitrogen and oxygen atoms in total. The van der Waals surface area contributed by atoms with E-state index in [1.165, 1.54) is 12.1 Å². The predicted molar refractivity (Wildman–Crippen MR) is 91.7 cm³/mol. The van der Waals surface area contributed by atoms with Crippen molar-refractivity contribution in [3.8, 4) is 0 Å². The predicted octanol–water partition coefficient (Wildman–Crippen LogP) is 3.73. The second kappa shape index (κ2) is 7.85. The monoisotopic (exact) mass is 351 g/mol. The first-order valence-corrected chi connectivity index (χ1v) is 8.61. The average molecular weight is 351 g/mol. The summed E-state index contributed by atoms with van der Waals surface area (Å²) in [6, 6.07) is 6.16. The zero-order valence-corrected chi connectivity index (χ0v) is 15.3. The Labute approximate surface area is 148 Å². The largest absolute Gasteiger partial charge is 0.466 e. The third-order valence-corrected chi connectivity index (χ3v) is 4.13. The van der Waals surface area contributed by atoms with Crippen LogP contribution in [0.25, 0.3) is 0 Å². The van der Waals surface area contributed by atoms with Crippen molar-refractivity contribution in [2.75, 3.05) is 19.7 Å². The van der Waals surface area contributed by atoms with E-state index in [1.807, 2.05) is 0 Å². The number of benzene rings is 1. The molecule has 0 aromatic heterocycles. The molecule has 2 atom stereocenters. The molecule has 138 valence electrons. The smallest absolute Gasteiger partial charge is 0.410 e. The zero-order chi connectivity index (χ0) is 18.6. The van der Waals surface area contributed by atoms with Gasteiger partial charge in [-0.05, 0) is 51.8 Å². The lowest BCUT2D eigenvalue weighted by Gasteiger charge is -2.38. The van der Waals surface area contributed by atoms with Crippen LogP contribution in [0, 0.1) is 11.7 Å². The highest BCUT2D eigenvalue weighted by atomic mass is 19.1. The molecular weight excluding hydrogens is 325 g/mol. The quantitative estimate of drug-likeness (QED) is 0.779. The summed E-state index contributed by atoms with van der Waals surface area (Å²) in [5.74, 6) is -1.40. The van der Waals surface area contributed by atoms with E-state index in [0.29, 0.717) is 31.7 Å². The maximum atomic E-state index is 13.7. The molecule has 0 radical (unpaired) electrons. The Hall–Kier alpha value is -2.11. The number of likely N-dealkylation sites (tertiary alicyclic amines) is 1. The molecule has 6 heteroatoms. The van der Waals surface area contributed by atoms with Crippen LogP contribution < -0.4 is 0 Å². The molecule has 25 heavy (non-hydrogen) atoms. The van der Waals surface area contributed by atoms with Gasteiger partial charge in [0, 0.05) is 19.0 Å². The lowest BCUT2D eigenvalue weighted by atomic mass is 9.80. The lowest BCUT2D eigenvalue weighted by Crippen LogP contribution is -2.47. The summed E-state index contributed by atoms with van der Waals surface area (Å²) in [5.41, 5.74) is 0.0926. The fourth-order valence-electron chi connectivity index (χ4n) is 3.05. The molecular formula is C19H26FNO4. The number of nitrogens with zero attached hydrogens (tertiary/aromatic N) is 1. The van der Waals surface area contributed by atoms with Gasteiger partial charge in [0.2, 0.25) is 0 Å². The second-order valence-electron chi connectivity index (χ2n) is 7.24. The summed E-state index contributed by atoms with van der Waals surface area (Å²) >= 11 is 0. The fourth-order valence-corrected chi connectivity index (χ4v) is 3.05. The summed E-state index contributed by atoms with van der Waals surface area (Å²) in [7, 11) is 0. The van der Waals surface area contributed by atoms with Gasteiger partial charge >= 0.3 is 12.1 Å². The average Bonchev–Trinajstić information content (AvgIpc) is 2.53. The molecule has 2 rings (SSSR count). The van der Waals surface area contributed by atoms with Crippen molar-refractivity contribution >= 4 is 12.1 Å². The number of rotatable bonds is 3. The Balaban J connectivity index is 2.23. The van der Waals surface area contributed by atoms with Gasteiger partial charge in [-0.1, -0.05) is 12.1 Å². The van der Waals surface area contributed by atoms with Crippen molar-refractivity contribution < 1.29 is 23.5 Å². The first-order valence-electron chi connectivity index (χ1n) is 8.61. The van der Waals surface area contributed by atoms with Gasteiger partial charge < -0.3 is 14.4 Å². The minimum Gasteiger partial charge on any atom is -0.466 e. The molecule has 1 aromatic carbocycles. The second-order valence-corrected chi connectivity index (χ2v) is 7.24. The summed E-state index contributed by atoms with van der Waals surface area (Å²) in [6.45, 7) is 8.17. The van der Waals surface area contributed by atoms with Crippen molar-refractivity contribution in [2.24, 2.45) is 5.92 Å². The fraction of sp³-hybridized carbons (Fsp3) is 0.579. The van der Waals surface area contributed by atoms with E-state index in [1.54, 1.807) is 44.7 Å². The van der Waals surface area contributed by atoms with Crippen molar-refractivity contribution in [2.45, 2.75) is 45.6 Å². The highest BCUT2D eigenvalue weighted by molar-refractivity contribution is 5.75. The minimum atomic E-state index is -0.594. The molecule has 1 heterocycles. The molecule has 1 aliphatic heterocycles. The van der Waals surface area contributed by atoms with E-state index in [0.717, 1.165) is 0 Å². The molecule has 1 aromatic rings. The first kappa shape index (κ1) is 19.2. The Morgan fingerprint density at radius 3 is 2.64 bits per heavy atom. The number of ether oxygens (including phenoxy) is 2. The molecule has 1 aliphatic rings. The van der Waals surface area contributed by atoms with Crippen LogP contribution in [-0.4, -0.2) is 42.3 Å². The number of amides is 1. The van der Waals surface area contributed by atoms with Crippen LogP contribution in [0.3, 0.4) is 0 Å². The molecule has 0 spiro atoms. The van der Waals surface area contributed by atoms with Crippen LogP contribution in [0.15, 0.2) is 24.3 Å². The van der Waals surface area contributed by atoms with E-state index in [2.05, 4.69) is 0 Å². The highest BCUT2D eigenvalue weighted by Crippen LogP contribution is 2.34. The standard InChI is InChI=1S/C19H26FNO4/c1-5-24-17(22)15-9-10-21(18(23)25-19(2,3)4)12-16(15)13-7-6-8-14(20)11-13/h6-8,11,15-16H,5,9-10,12H2,1-4H3/t15-,16-/m1/s1. The van der Waals surface area contributed by atoms with Gasteiger partial charge in [0.15, 0.2) is 0 Å². The van der Waals surface area contributed by atoms with E-state index in [4.69, 9.17) is 9.47 Å². The summed E-state index contributed by atoms with van der Waals surface area (Å²) in [4.78, 5) is 26.3. The van der Waals surface area contributed by atoms with Gasteiger partial charge in [-0.15, -0.1) is 0 Å². The van der Waals surface area contributed by atoms with Crippen LogP contribution in [0.2, 0.25) is 0 Å². The summed E-state index contributed by atoms with van der Waals surface area (Å²) in [5, 5.41) is 0. The molecule has 0 N–H and O–H groups in total. The number of halogens is 1. The van der Waals surface area contributed by atoms with Gasteiger partial charge in [0.1, 0.15) is 11.4 Å². The maximum absolute atomic E-state index is 13.7. The third-order valence-electron chi connectivity index (χ3n) is 4.13. The molecule has 0 unspecified atom stereocenters. The Bertz CT molecular complexity index is 626. The van der Waals surface area contributed by atoms with Crippen molar-refractivity contribution in [1.29, 1.82) is 0 Å². The Morgan fingerprint density at radius 2 is 2.04 bits per heavy atom. The molecule has 0 saturated carbocycles. The number of hydrogen-bond donors (Lipinski definition) is 0. The number of piperidine rings is 1. The maximum Gasteiger partial charge on any atom is 0.410 e. The van der Waals surface area contributed by atoms with Gasteiger partial charge in [-0.3, -0.25) is 4.79 Å². The molecule has 1 amide bonds. The van der Waals surface area contributed by atoms with Crippen molar-refractivity contribution in [3.05, 3.63) is 35.6 Å². The normalized spacial score (nSPS) is 20.9. The van der Waals surface area contributed by atoms with Crippen molar-refractivity contribution in [1.82, 2.24) is 4.90 Å². The van der Waals surface area contributed by atoms with Crippen LogP contribution in [-0.2, 0) is 14.3 Å². The Morgan fingerprint density at radius 1 is 1.32 bits per heavy atom. The topological polar surface area (TPSA) is 55.8 Å². The SMILES string of the molecule is CCOC(=O)[C@@H]1CCN(C(=O)OC(C)(C)C)C[C@@H]1c1cccc(F)c1. The van der Waals surface area contributed by atoms with Gasteiger partial charge in [-0.25, -0.2) is 9.18 Å². The van der Waals surface area contributed by atoms with Gasteiger partial charge in [0.05, 0.1) is 12.5 Å². The summed E-state index contributed by atoms with van der Waals surface area (Å²) in [6.07, 6.45) is 0.0374. The zero-order valence-electron chi connectivity index (χ0n) is 15.3. The van der Waals surface area contributed by atoms with E-state index in [9.17, 15) is 14.0 Å². The number of hydrogen-bond acceptors (Lipinski definition) is 4. The van der Waals surface area contributed by atoms with E-state index < -0.39 is 17.6 Å².